The van der Waals surface area contributed by atoms with Crippen molar-refractivity contribution in [2.75, 3.05) is 12.4 Å². The van der Waals surface area contributed by atoms with E-state index in [9.17, 15) is 4.79 Å². The van der Waals surface area contributed by atoms with Crippen LogP contribution in [0.5, 0.6) is 0 Å². The Morgan fingerprint density at radius 2 is 2.25 bits per heavy atom. The van der Waals surface area contributed by atoms with Gasteiger partial charge in [0.15, 0.2) is 0 Å². The fourth-order valence-electron chi connectivity index (χ4n) is 0.207. The van der Waals surface area contributed by atoms with Gasteiger partial charge < -0.3 is 4.74 Å². The molecule has 0 aromatic heterocycles. The van der Waals surface area contributed by atoms with Crippen molar-refractivity contribution in [2.24, 2.45) is 0 Å². The third-order valence-electron chi connectivity index (χ3n) is 0.434. The van der Waals surface area contributed by atoms with Crippen LogP contribution >= 0.6 is 12.6 Å². The second-order valence-corrected chi connectivity index (χ2v) is 1.28. The van der Waals surface area contributed by atoms with Gasteiger partial charge in [-0.2, -0.15) is 12.6 Å². The van der Waals surface area contributed by atoms with E-state index in [1.54, 1.807) is 6.92 Å². The normalized spacial score (nSPS) is 7.25. The molecule has 0 radical (unpaired) electrons. The molecule has 52 valence electrons. The van der Waals surface area contributed by atoms with Crippen molar-refractivity contribution in [3.8, 4) is 0 Å². The van der Waals surface area contributed by atoms with E-state index < -0.39 is 0 Å². The topological polar surface area (TPSA) is 26.3 Å². The Kier molecular flexibility index (Phi) is 10.7. The van der Waals surface area contributed by atoms with Gasteiger partial charge in [0, 0.05) is 0 Å². The number of esters is 1. The first kappa shape index (κ1) is 11.4. The molecule has 0 spiro atoms. The molecular formula is C4H8AuO2S+. The molecule has 0 aliphatic heterocycles. The summed E-state index contributed by atoms with van der Waals surface area (Å²) in [7, 11) is 0. The van der Waals surface area contributed by atoms with E-state index >= 15 is 0 Å². The van der Waals surface area contributed by atoms with E-state index in [0.717, 1.165) is 0 Å². The minimum absolute atomic E-state index is 0. The summed E-state index contributed by atoms with van der Waals surface area (Å²) in [6.45, 7) is 2.21. The first-order chi connectivity index (χ1) is 3.31. The molecule has 0 amide bonds. The maximum Gasteiger partial charge on any atom is 1.00 e. The smallest absolute Gasteiger partial charge is 0.465 e. The van der Waals surface area contributed by atoms with Crippen molar-refractivity contribution in [1.82, 2.24) is 0 Å². The van der Waals surface area contributed by atoms with Gasteiger partial charge in [0.05, 0.1) is 12.4 Å². The van der Waals surface area contributed by atoms with Gasteiger partial charge >= 0.3 is 28.3 Å². The first-order valence-electron chi connectivity index (χ1n) is 2.07. The van der Waals surface area contributed by atoms with Gasteiger partial charge in [0.25, 0.3) is 0 Å². The number of ether oxygens (including phenoxy) is 1. The average molecular weight is 317 g/mol. The monoisotopic (exact) mass is 317 g/mol. The molecular weight excluding hydrogens is 309 g/mol. The zero-order chi connectivity index (χ0) is 5.70. The van der Waals surface area contributed by atoms with Gasteiger partial charge in [0.1, 0.15) is 0 Å². The molecule has 0 heterocycles. The molecule has 0 rings (SSSR count). The molecule has 0 saturated heterocycles. The van der Waals surface area contributed by atoms with Crippen LogP contribution in [0.3, 0.4) is 0 Å². The van der Waals surface area contributed by atoms with Crippen LogP contribution in [0, 0.1) is 0 Å². The summed E-state index contributed by atoms with van der Waals surface area (Å²) in [6.07, 6.45) is 0. The third-order valence-corrected chi connectivity index (χ3v) is 0.693. The van der Waals surface area contributed by atoms with Crippen LogP contribution in [0.4, 0.5) is 0 Å². The summed E-state index contributed by atoms with van der Waals surface area (Å²) in [5.74, 6) is -0.0840. The molecule has 0 aromatic carbocycles. The first-order valence-corrected chi connectivity index (χ1v) is 2.71. The van der Waals surface area contributed by atoms with Crippen molar-refractivity contribution >= 4 is 18.6 Å². The van der Waals surface area contributed by atoms with Gasteiger partial charge in [-0.3, -0.25) is 4.79 Å². The molecule has 0 aromatic rings. The van der Waals surface area contributed by atoms with Crippen LogP contribution in [0.2, 0.25) is 0 Å². The Labute approximate surface area is 69.9 Å². The van der Waals surface area contributed by atoms with E-state index in [4.69, 9.17) is 0 Å². The SMILES string of the molecule is CCOC(=O)CS.[Au+]. The zero-order valence-electron chi connectivity index (χ0n) is 4.48. The average Bonchev–Trinajstić information content (AvgIpc) is 1.68. The number of hydrogen-bond acceptors (Lipinski definition) is 3. The zero-order valence-corrected chi connectivity index (χ0v) is 7.54. The maximum atomic E-state index is 10.1. The molecule has 0 aliphatic rings. The van der Waals surface area contributed by atoms with E-state index in [-0.39, 0.29) is 34.1 Å². The second kappa shape index (κ2) is 7.56. The Morgan fingerprint density at radius 3 is 2.38 bits per heavy atom. The molecule has 8 heavy (non-hydrogen) atoms. The summed E-state index contributed by atoms with van der Waals surface area (Å²) < 4.78 is 4.48. The predicted molar refractivity (Wildman–Crippen MR) is 30.5 cm³/mol. The molecule has 0 aliphatic carbocycles. The van der Waals surface area contributed by atoms with E-state index in [0.29, 0.717) is 6.61 Å². The van der Waals surface area contributed by atoms with Crippen molar-refractivity contribution in [2.45, 2.75) is 6.92 Å². The molecule has 0 saturated carbocycles. The summed E-state index contributed by atoms with van der Waals surface area (Å²) >= 11 is 3.67. The van der Waals surface area contributed by atoms with Gasteiger partial charge in [-0.05, 0) is 6.92 Å². The standard InChI is InChI=1S/C4H8O2S.Au/c1-2-6-4(5)3-7;/h7H,2-3H2,1H3;/q;+1. The van der Waals surface area contributed by atoms with Gasteiger partial charge in [0.2, 0.25) is 0 Å². The number of rotatable bonds is 2. The van der Waals surface area contributed by atoms with Crippen LogP contribution in [-0.2, 0) is 31.9 Å². The Hall–Kier alpha value is 0.560. The van der Waals surface area contributed by atoms with Crippen molar-refractivity contribution in [3.05, 3.63) is 0 Å². The van der Waals surface area contributed by atoms with Gasteiger partial charge in [-0.1, -0.05) is 0 Å². The van der Waals surface area contributed by atoms with Crippen molar-refractivity contribution in [3.63, 3.8) is 0 Å². The number of carbonyl (C=O) groups excluding carboxylic acids is 1. The Balaban J connectivity index is 0. The fourth-order valence-corrected chi connectivity index (χ4v) is 0.298. The van der Waals surface area contributed by atoms with Crippen LogP contribution in [0.25, 0.3) is 0 Å². The molecule has 0 bridgehead atoms. The number of hydrogen-bond donors (Lipinski definition) is 1. The number of thiol groups is 1. The molecule has 4 heteroatoms. The fraction of sp³-hybridized carbons (Fsp3) is 0.750. The van der Waals surface area contributed by atoms with Crippen molar-refractivity contribution < 1.29 is 31.9 Å². The molecule has 0 N–H and O–H groups in total. The largest absolute Gasteiger partial charge is 1.00 e. The van der Waals surface area contributed by atoms with Gasteiger partial charge in [-0.15, -0.1) is 0 Å². The minimum Gasteiger partial charge on any atom is -0.465 e. The van der Waals surface area contributed by atoms with Crippen LogP contribution in [-0.4, -0.2) is 18.3 Å². The van der Waals surface area contributed by atoms with E-state index in [1.807, 2.05) is 0 Å². The summed E-state index contributed by atoms with van der Waals surface area (Å²) in [4.78, 5) is 10.1. The second-order valence-electron chi connectivity index (χ2n) is 0.963. The molecule has 0 unspecified atom stereocenters. The maximum absolute atomic E-state index is 10.1. The quantitative estimate of drug-likeness (QED) is 0.455. The molecule has 2 nitrogen and oxygen atoms in total. The van der Waals surface area contributed by atoms with Crippen LogP contribution in [0.1, 0.15) is 6.92 Å². The predicted octanol–water partition coefficient (Wildman–Crippen LogP) is 0.477. The Morgan fingerprint density at radius 1 is 1.75 bits per heavy atom. The van der Waals surface area contributed by atoms with Crippen LogP contribution in [0.15, 0.2) is 0 Å². The van der Waals surface area contributed by atoms with E-state index in [1.165, 1.54) is 0 Å². The van der Waals surface area contributed by atoms with Crippen molar-refractivity contribution in [1.29, 1.82) is 0 Å². The summed E-state index contributed by atoms with van der Waals surface area (Å²) in [5.41, 5.74) is 0. The summed E-state index contributed by atoms with van der Waals surface area (Å²) in [6, 6.07) is 0. The Bertz CT molecular complexity index is 67.1. The van der Waals surface area contributed by atoms with E-state index in [2.05, 4.69) is 17.4 Å². The molecule has 0 atom stereocenters. The molecule has 0 fully saturated rings. The van der Waals surface area contributed by atoms with Crippen LogP contribution < -0.4 is 0 Å². The van der Waals surface area contributed by atoms with Gasteiger partial charge in [-0.25, -0.2) is 0 Å². The number of carbonyl (C=O) groups is 1. The minimum atomic E-state index is -0.258. The summed E-state index contributed by atoms with van der Waals surface area (Å²) in [5, 5.41) is 0. The third kappa shape index (κ3) is 6.56.